The number of hydrogen-bond donors (Lipinski definition) is 1. The predicted octanol–water partition coefficient (Wildman–Crippen LogP) is 3.17. The maximum absolute atomic E-state index is 13.2. The summed E-state index contributed by atoms with van der Waals surface area (Å²) in [5.41, 5.74) is 0.338. The number of benzene rings is 1. The normalized spacial score (nSPS) is 11.7. The number of aromatic nitrogens is 4. The molecule has 142 valence electrons. The minimum Gasteiger partial charge on any atom is -0.326 e. The second-order valence-corrected chi connectivity index (χ2v) is 7.54. The van der Waals surface area contributed by atoms with Crippen molar-refractivity contribution in [2.75, 3.05) is 5.32 Å². The number of nitrogens with zero attached hydrogens (tertiary/aromatic N) is 4. The molecule has 0 saturated heterocycles. The zero-order chi connectivity index (χ0) is 19.8. The third kappa shape index (κ3) is 4.00. The van der Waals surface area contributed by atoms with Gasteiger partial charge < -0.3 is 5.32 Å². The summed E-state index contributed by atoms with van der Waals surface area (Å²) >= 11 is 5.69. The second kappa shape index (κ2) is 7.11. The lowest BCUT2D eigenvalue weighted by Gasteiger charge is -2.19. The first kappa shape index (κ1) is 19.0. The number of rotatable bonds is 4. The van der Waals surface area contributed by atoms with Crippen molar-refractivity contribution in [2.24, 2.45) is 0 Å². The van der Waals surface area contributed by atoms with Crippen LogP contribution in [-0.4, -0.2) is 25.2 Å². The predicted molar refractivity (Wildman–Crippen MR) is 101 cm³/mol. The fraction of sp³-hybridized carbons (Fsp3) is 0.333. The van der Waals surface area contributed by atoms with Crippen molar-refractivity contribution in [3.63, 3.8) is 0 Å². The van der Waals surface area contributed by atoms with Crippen LogP contribution in [0.4, 0.5) is 10.1 Å². The third-order valence-corrected chi connectivity index (χ3v) is 4.26. The minimum atomic E-state index is -0.559. The van der Waals surface area contributed by atoms with Gasteiger partial charge in [0.1, 0.15) is 11.2 Å². The fourth-order valence-corrected chi connectivity index (χ4v) is 2.80. The number of amides is 1. The highest BCUT2D eigenvalue weighted by Crippen LogP contribution is 2.20. The van der Waals surface area contributed by atoms with Crippen LogP contribution in [0, 0.1) is 5.82 Å². The Hall–Kier alpha value is -2.74. The van der Waals surface area contributed by atoms with Gasteiger partial charge in [-0.1, -0.05) is 11.6 Å². The lowest BCUT2D eigenvalue weighted by Crippen LogP contribution is -2.26. The Labute approximate surface area is 159 Å². The van der Waals surface area contributed by atoms with Gasteiger partial charge in [-0.2, -0.15) is 5.10 Å². The van der Waals surface area contributed by atoms with E-state index in [1.807, 2.05) is 20.8 Å². The maximum Gasteiger partial charge on any atom is 0.264 e. The summed E-state index contributed by atoms with van der Waals surface area (Å²) < 4.78 is 16.2. The number of fused-ring (bicyclic) bond motifs is 1. The van der Waals surface area contributed by atoms with Gasteiger partial charge in [0.25, 0.3) is 5.56 Å². The van der Waals surface area contributed by atoms with Crippen LogP contribution in [-0.2, 0) is 16.9 Å². The summed E-state index contributed by atoms with van der Waals surface area (Å²) in [4.78, 5) is 29.0. The number of nitrogens with one attached hydrogen (secondary N) is 1. The Morgan fingerprint density at radius 3 is 2.74 bits per heavy atom. The molecule has 0 unspecified atom stereocenters. The van der Waals surface area contributed by atoms with Gasteiger partial charge in [-0.15, -0.1) is 0 Å². The van der Waals surface area contributed by atoms with Crippen molar-refractivity contribution in [1.29, 1.82) is 0 Å². The molecule has 9 heteroatoms. The molecule has 0 aliphatic carbocycles. The summed E-state index contributed by atoms with van der Waals surface area (Å²) in [5.74, 6) is -0.883. The molecule has 1 N–H and O–H groups in total. The molecular weight excluding hydrogens is 373 g/mol. The first-order chi connectivity index (χ1) is 12.7. The molecule has 0 saturated carbocycles. The van der Waals surface area contributed by atoms with E-state index in [4.69, 9.17) is 11.6 Å². The van der Waals surface area contributed by atoms with E-state index in [9.17, 15) is 14.0 Å². The highest BCUT2D eigenvalue weighted by atomic mass is 35.5. The third-order valence-electron chi connectivity index (χ3n) is 3.97. The molecule has 2 aromatic heterocycles. The van der Waals surface area contributed by atoms with Crippen molar-refractivity contribution in [1.82, 2.24) is 19.3 Å². The van der Waals surface area contributed by atoms with Gasteiger partial charge >= 0.3 is 0 Å². The molecule has 3 aromatic rings. The van der Waals surface area contributed by atoms with Crippen LogP contribution < -0.4 is 10.9 Å². The number of aryl methyl sites for hydroxylation is 1. The van der Waals surface area contributed by atoms with Crippen molar-refractivity contribution >= 4 is 34.2 Å². The van der Waals surface area contributed by atoms with Crippen molar-refractivity contribution < 1.29 is 9.18 Å². The summed E-state index contributed by atoms with van der Waals surface area (Å²) in [6, 6.07) is 3.92. The van der Waals surface area contributed by atoms with Gasteiger partial charge in [-0.25, -0.2) is 14.1 Å². The Morgan fingerprint density at radius 2 is 2.07 bits per heavy atom. The summed E-state index contributed by atoms with van der Waals surface area (Å²) in [7, 11) is 0. The van der Waals surface area contributed by atoms with Crippen LogP contribution >= 0.6 is 11.6 Å². The van der Waals surface area contributed by atoms with E-state index in [0.717, 1.165) is 0 Å². The number of anilines is 1. The van der Waals surface area contributed by atoms with E-state index in [1.165, 1.54) is 35.3 Å². The van der Waals surface area contributed by atoms with Gasteiger partial charge in [-0.3, -0.25) is 14.2 Å². The average molecular weight is 392 g/mol. The maximum atomic E-state index is 13.2. The van der Waals surface area contributed by atoms with Crippen LogP contribution in [0.5, 0.6) is 0 Å². The molecule has 2 heterocycles. The van der Waals surface area contributed by atoms with E-state index in [0.29, 0.717) is 16.7 Å². The molecule has 1 aromatic carbocycles. The molecule has 0 spiro atoms. The molecule has 0 radical (unpaired) electrons. The van der Waals surface area contributed by atoms with Gasteiger partial charge in [-0.05, 0) is 39.0 Å². The topological polar surface area (TPSA) is 81.8 Å². The van der Waals surface area contributed by atoms with Crippen LogP contribution in [0.15, 0.2) is 35.5 Å². The summed E-state index contributed by atoms with van der Waals surface area (Å²) in [6.45, 7) is 6.07. The number of carbonyl (C=O) groups excluding carboxylic acids is 1. The first-order valence-corrected chi connectivity index (χ1v) is 8.73. The molecule has 0 aliphatic rings. The van der Waals surface area contributed by atoms with Gasteiger partial charge in [0.05, 0.1) is 23.1 Å². The lowest BCUT2D eigenvalue weighted by molar-refractivity contribution is -0.116. The molecule has 0 bridgehead atoms. The molecule has 7 nitrogen and oxygen atoms in total. The second-order valence-electron chi connectivity index (χ2n) is 7.13. The number of hydrogen-bond acceptors (Lipinski definition) is 4. The molecule has 0 aliphatic heterocycles. The monoisotopic (exact) mass is 391 g/mol. The first-order valence-electron chi connectivity index (χ1n) is 8.35. The average Bonchev–Trinajstić information content (AvgIpc) is 3.03. The van der Waals surface area contributed by atoms with Crippen molar-refractivity contribution in [2.45, 2.75) is 39.3 Å². The molecule has 1 amide bonds. The molecule has 3 rings (SSSR count). The minimum absolute atomic E-state index is 0.0511. The van der Waals surface area contributed by atoms with Crippen LogP contribution in [0.2, 0.25) is 5.02 Å². The van der Waals surface area contributed by atoms with E-state index >= 15 is 0 Å². The Bertz CT molecular complexity index is 1070. The van der Waals surface area contributed by atoms with Gasteiger partial charge in [0.15, 0.2) is 5.65 Å². The largest absolute Gasteiger partial charge is 0.326 e. The molecule has 0 fully saturated rings. The van der Waals surface area contributed by atoms with Crippen molar-refractivity contribution in [3.8, 4) is 0 Å². The van der Waals surface area contributed by atoms with E-state index in [1.54, 1.807) is 4.68 Å². The van der Waals surface area contributed by atoms with Gasteiger partial charge in [0, 0.05) is 18.7 Å². The summed E-state index contributed by atoms with van der Waals surface area (Å²) in [5, 5.41) is 7.20. The quantitative estimate of drug-likeness (QED) is 0.740. The van der Waals surface area contributed by atoms with Crippen LogP contribution in [0.3, 0.4) is 0 Å². The highest BCUT2D eigenvalue weighted by molar-refractivity contribution is 6.31. The number of halogens is 2. The van der Waals surface area contributed by atoms with Crippen molar-refractivity contribution in [3.05, 3.63) is 51.9 Å². The fourth-order valence-electron chi connectivity index (χ4n) is 2.62. The highest BCUT2D eigenvalue weighted by Gasteiger charge is 2.19. The molecule has 0 atom stereocenters. The van der Waals surface area contributed by atoms with E-state index in [-0.39, 0.29) is 35.0 Å². The van der Waals surface area contributed by atoms with Crippen LogP contribution in [0.1, 0.15) is 27.2 Å². The zero-order valence-corrected chi connectivity index (χ0v) is 15.9. The SMILES string of the molecule is CC(C)(C)n1ncc2c(=O)n(CCC(=O)Nc3ccc(F)c(Cl)c3)cnc21. The lowest BCUT2D eigenvalue weighted by atomic mass is 10.1. The number of carbonyl (C=O) groups is 1. The van der Waals surface area contributed by atoms with E-state index in [2.05, 4.69) is 15.4 Å². The van der Waals surface area contributed by atoms with E-state index < -0.39 is 5.82 Å². The Balaban J connectivity index is 1.73. The zero-order valence-electron chi connectivity index (χ0n) is 15.2. The standard InChI is InChI=1S/C18H19ClFN5O2/c1-18(2,3)25-16-12(9-22-25)17(27)24(10-21-16)7-6-15(26)23-11-4-5-14(20)13(19)8-11/h4-5,8-10H,6-7H2,1-3H3,(H,23,26). The molecule has 27 heavy (non-hydrogen) atoms. The van der Waals surface area contributed by atoms with Crippen LogP contribution in [0.25, 0.3) is 11.0 Å². The summed E-state index contributed by atoms with van der Waals surface area (Å²) in [6.07, 6.45) is 2.96. The smallest absolute Gasteiger partial charge is 0.264 e. The molecular formula is C18H19ClFN5O2. The Kier molecular flexibility index (Phi) is 5.01. The Morgan fingerprint density at radius 1 is 1.33 bits per heavy atom. The van der Waals surface area contributed by atoms with Gasteiger partial charge in [0.2, 0.25) is 5.91 Å².